The van der Waals surface area contributed by atoms with E-state index < -0.39 is 17.5 Å². The van der Waals surface area contributed by atoms with Gasteiger partial charge in [0.15, 0.2) is 17.5 Å². The lowest BCUT2D eigenvalue weighted by Gasteiger charge is -2.10. The predicted octanol–water partition coefficient (Wildman–Crippen LogP) is 3.35. The summed E-state index contributed by atoms with van der Waals surface area (Å²) in [4.78, 5) is 3.54. The van der Waals surface area contributed by atoms with Crippen LogP contribution in [-0.2, 0) is 0 Å². The number of anilines is 1. The highest BCUT2D eigenvalue weighted by Crippen LogP contribution is 2.27. The van der Waals surface area contributed by atoms with E-state index in [0.717, 1.165) is 11.1 Å². The molecule has 0 aliphatic heterocycles. The molecule has 2 aromatic rings. The zero-order chi connectivity index (χ0) is 13.3. The Balaban J connectivity index is 2.40. The van der Waals surface area contributed by atoms with Crippen molar-refractivity contribution in [2.75, 3.05) is 5.73 Å². The maximum atomic E-state index is 13.5. The summed E-state index contributed by atoms with van der Waals surface area (Å²) >= 11 is 0. The number of aryl methyl sites for hydroxylation is 2. The second-order valence-corrected chi connectivity index (χ2v) is 4.01. The zero-order valence-electron chi connectivity index (χ0n) is 10.00. The third-order valence-corrected chi connectivity index (χ3v) is 2.47. The highest BCUT2D eigenvalue weighted by atomic mass is 19.1. The third-order valence-electron chi connectivity index (χ3n) is 2.47. The van der Waals surface area contributed by atoms with Gasteiger partial charge in [0.1, 0.15) is 5.75 Å². The van der Waals surface area contributed by atoms with Crippen LogP contribution in [0.25, 0.3) is 0 Å². The fourth-order valence-electron chi connectivity index (χ4n) is 1.46. The minimum absolute atomic E-state index is 0.331. The molecule has 3 nitrogen and oxygen atoms in total. The smallest absolute Gasteiger partial charge is 0.258 e. The molecule has 1 heterocycles. The number of ether oxygens (including phenoxy) is 1. The Kier molecular flexibility index (Phi) is 3.14. The van der Waals surface area contributed by atoms with Gasteiger partial charge in [0.05, 0.1) is 0 Å². The lowest BCUT2D eigenvalue weighted by Crippen LogP contribution is -2.01. The molecule has 0 aliphatic carbocycles. The topological polar surface area (TPSA) is 48.1 Å². The van der Waals surface area contributed by atoms with Crippen molar-refractivity contribution in [2.24, 2.45) is 0 Å². The highest BCUT2D eigenvalue weighted by Gasteiger charge is 2.12. The minimum Gasteiger partial charge on any atom is -0.436 e. The number of benzene rings is 1. The number of aromatic nitrogens is 1. The van der Waals surface area contributed by atoms with Crippen LogP contribution in [0.3, 0.4) is 0 Å². The average molecular weight is 250 g/mol. The number of hydrogen-bond donors (Lipinski definition) is 1. The van der Waals surface area contributed by atoms with Gasteiger partial charge in [-0.1, -0.05) is 12.1 Å². The highest BCUT2D eigenvalue weighted by molar-refractivity contribution is 5.41. The maximum Gasteiger partial charge on any atom is 0.258 e. The van der Waals surface area contributed by atoms with E-state index in [-0.39, 0.29) is 5.88 Å². The number of nitrogens with two attached hydrogens (primary N) is 1. The first-order valence-corrected chi connectivity index (χ1v) is 5.34. The molecule has 0 unspecified atom stereocenters. The molecule has 0 fully saturated rings. The van der Waals surface area contributed by atoms with Gasteiger partial charge in [-0.05, 0) is 31.0 Å². The van der Waals surface area contributed by atoms with Crippen LogP contribution in [0.5, 0.6) is 11.6 Å². The van der Waals surface area contributed by atoms with Crippen molar-refractivity contribution in [3.8, 4) is 11.6 Å². The molecule has 0 aliphatic rings. The van der Waals surface area contributed by atoms with E-state index in [4.69, 9.17) is 10.5 Å². The number of nitrogen functional groups attached to an aromatic ring is 1. The summed E-state index contributed by atoms with van der Waals surface area (Å²) in [5.41, 5.74) is 7.07. The van der Waals surface area contributed by atoms with Crippen molar-refractivity contribution in [3.05, 3.63) is 47.0 Å². The van der Waals surface area contributed by atoms with E-state index in [9.17, 15) is 8.78 Å². The molecule has 1 aromatic carbocycles. The van der Waals surface area contributed by atoms with E-state index in [1.54, 1.807) is 6.07 Å². The van der Waals surface area contributed by atoms with Crippen LogP contribution in [-0.4, -0.2) is 4.98 Å². The van der Waals surface area contributed by atoms with Crippen LogP contribution in [0, 0.1) is 25.5 Å². The number of halogens is 2. The third kappa shape index (κ3) is 2.40. The van der Waals surface area contributed by atoms with Gasteiger partial charge in [0.2, 0.25) is 0 Å². The molecule has 5 heteroatoms. The molecule has 0 radical (unpaired) electrons. The van der Waals surface area contributed by atoms with Crippen LogP contribution in [0.4, 0.5) is 14.6 Å². The van der Waals surface area contributed by atoms with E-state index in [1.165, 1.54) is 0 Å². The Hall–Kier alpha value is -2.17. The first-order valence-electron chi connectivity index (χ1n) is 5.34. The Morgan fingerprint density at radius 2 is 1.83 bits per heavy atom. The predicted molar refractivity (Wildman–Crippen MR) is 64.6 cm³/mol. The SMILES string of the molecule is Cc1ccc(C)c(Oc2nc(N)c(F)cc2F)c1. The van der Waals surface area contributed by atoms with Crippen molar-refractivity contribution >= 4 is 5.82 Å². The van der Waals surface area contributed by atoms with E-state index in [2.05, 4.69) is 4.98 Å². The van der Waals surface area contributed by atoms with Gasteiger partial charge in [-0.3, -0.25) is 0 Å². The second-order valence-electron chi connectivity index (χ2n) is 4.01. The van der Waals surface area contributed by atoms with Gasteiger partial charge >= 0.3 is 0 Å². The summed E-state index contributed by atoms with van der Waals surface area (Å²) in [7, 11) is 0. The Bertz CT molecular complexity index is 600. The second kappa shape index (κ2) is 4.60. The first kappa shape index (κ1) is 12.3. The lowest BCUT2D eigenvalue weighted by atomic mass is 10.1. The van der Waals surface area contributed by atoms with Crippen molar-refractivity contribution in [1.29, 1.82) is 0 Å². The Morgan fingerprint density at radius 1 is 1.11 bits per heavy atom. The summed E-state index contributed by atoms with van der Waals surface area (Å²) < 4.78 is 31.7. The number of pyridine rings is 1. The fraction of sp³-hybridized carbons (Fsp3) is 0.154. The molecule has 0 amide bonds. The van der Waals surface area contributed by atoms with Crippen LogP contribution >= 0.6 is 0 Å². The number of hydrogen-bond acceptors (Lipinski definition) is 3. The average Bonchev–Trinajstić information content (AvgIpc) is 2.30. The Morgan fingerprint density at radius 3 is 2.56 bits per heavy atom. The van der Waals surface area contributed by atoms with Crippen molar-refractivity contribution < 1.29 is 13.5 Å². The molecule has 0 atom stereocenters. The van der Waals surface area contributed by atoms with Gasteiger partial charge in [-0.25, -0.2) is 8.78 Å². The standard InChI is InChI=1S/C13H12F2N2O/c1-7-3-4-8(2)11(5-7)18-13-10(15)6-9(14)12(16)17-13/h3-6H,1-2H3,(H2,16,17). The summed E-state index contributed by atoms with van der Waals surface area (Å²) in [5.74, 6) is -2.05. The molecule has 2 N–H and O–H groups in total. The minimum atomic E-state index is -0.902. The van der Waals surface area contributed by atoms with Crippen LogP contribution in [0.2, 0.25) is 0 Å². The Labute approximate surface area is 103 Å². The molecule has 0 saturated carbocycles. The molecule has 94 valence electrons. The maximum absolute atomic E-state index is 13.5. The molecular weight excluding hydrogens is 238 g/mol. The zero-order valence-corrected chi connectivity index (χ0v) is 10.00. The van der Waals surface area contributed by atoms with Crippen molar-refractivity contribution in [2.45, 2.75) is 13.8 Å². The quantitative estimate of drug-likeness (QED) is 0.889. The summed E-state index contributed by atoms with van der Waals surface area (Å²) in [6, 6.07) is 6.15. The van der Waals surface area contributed by atoms with Crippen LogP contribution in [0.15, 0.2) is 24.3 Å². The molecule has 18 heavy (non-hydrogen) atoms. The number of nitrogens with zero attached hydrogens (tertiary/aromatic N) is 1. The summed E-state index contributed by atoms with van der Waals surface area (Å²) in [5, 5.41) is 0. The van der Waals surface area contributed by atoms with Crippen molar-refractivity contribution in [1.82, 2.24) is 4.98 Å². The molecule has 0 spiro atoms. The van der Waals surface area contributed by atoms with E-state index >= 15 is 0 Å². The van der Waals surface area contributed by atoms with Gasteiger partial charge in [-0.15, -0.1) is 0 Å². The largest absolute Gasteiger partial charge is 0.436 e. The van der Waals surface area contributed by atoms with Gasteiger partial charge in [-0.2, -0.15) is 4.98 Å². The fourth-order valence-corrected chi connectivity index (χ4v) is 1.46. The van der Waals surface area contributed by atoms with E-state index in [1.807, 2.05) is 26.0 Å². The lowest BCUT2D eigenvalue weighted by molar-refractivity contribution is 0.416. The van der Waals surface area contributed by atoms with E-state index in [0.29, 0.717) is 11.8 Å². The normalized spacial score (nSPS) is 10.4. The molecule has 0 bridgehead atoms. The molecule has 1 aromatic heterocycles. The van der Waals surface area contributed by atoms with Gasteiger partial charge in [0, 0.05) is 6.07 Å². The monoisotopic (exact) mass is 250 g/mol. The molecular formula is C13H12F2N2O. The van der Waals surface area contributed by atoms with Gasteiger partial charge in [0.25, 0.3) is 5.88 Å². The summed E-state index contributed by atoms with van der Waals surface area (Å²) in [6.07, 6.45) is 0. The van der Waals surface area contributed by atoms with Gasteiger partial charge < -0.3 is 10.5 Å². The summed E-state index contributed by atoms with van der Waals surface area (Å²) in [6.45, 7) is 3.70. The van der Waals surface area contributed by atoms with Crippen LogP contribution < -0.4 is 10.5 Å². The van der Waals surface area contributed by atoms with Crippen molar-refractivity contribution in [3.63, 3.8) is 0 Å². The number of rotatable bonds is 2. The first-order chi connectivity index (χ1) is 8.47. The van der Waals surface area contributed by atoms with Crippen LogP contribution in [0.1, 0.15) is 11.1 Å². The molecule has 0 saturated heterocycles. The molecule has 2 rings (SSSR count).